The third kappa shape index (κ3) is 5.44. The van der Waals surface area contributed by atoms with Crippen molar-refractivity contribution >= 4 is 34.5 Å². The number of benzene rings is 2. The van der Waals surface area contributed by atoms with E-state index < -0.39 is 10.0 Å². The first-order valence-corrected chi connectivity index (χ1v) is 11.9. The lowest BCUT2D eigenvalue weighted by atomic mass is 10.2. The molecule has 0 atom stereocenters. The van der Waals surface area contributed by atoms with Gasteiger partial charge in [-0.3, -0.25) is 4.90 Å². The van der Waals surface area contributed by atoms with Gasteiger partial charge in [-0.1, -0.05) is 6.07 Å². The fraction of sp³-hybridized carbons (Fsp3) is 0.364. The van der Waals surface area contributed by atoms with Crippen LogP contribution >= 0.6 is 12.4 Å². The normalized spacial score (nSPS) is 17.1. The number of hydrogen-bond donors (Lipinski definition) is 1. The smallest absolute Gasteiger partial charge is 0.288 e. The Morgan fingerprint density at radius 1 is 1.18 bits per heavy atom. The van der Waals surface area contributed by atoms with E-state index >= 15 is 0 Å². The lowest BCUT2D eigenvalue weighted by molar-refractivity contribution is 0.0360. The van der Waals surface area contributed by atoms with E-state index in [4.69, 9.17) is 14.2 Å². The van der Waals surface area contributed by atoms with Crippen LogP contribution in [0.4, 0.5) is 0 Å². The number of phenols is 1. The Balaban J connectivity index is 0.00000324. The van der Waals surface area contributed by atoms with Crippen LogP contribution in [0.1, 0.15) is 11.1 Å². The monoisotopic (exact) mass is 510 g/mol. The predicted molar refractivity (Wildman–Crippen MR) is 130 cm³/mol. The largest absolute Gasteiger partial charge is 0.504 e. The topological polar surface area (TPSA) is 113 Å². The molecule has 0 bridgehead atoms. The number of aromatic hydroxyl groups is 1. The summed E-state index contributed by atoms with van der Waals surface area (Å²) in [5.41, 5.74) is 1.12. The van der Waals surface area contributed by atoms with Crippen molar-refractivity contribution in [1.82, 2.24) is 9.91 Å². The maximum atomic E-state index is 12.8. The minimum atomic E-state index is -3.92. The number of ether oxygens (including phenoxy) is 3. The number of morpholine rings is 1. The molecule has 1 N–H and O–H groups in total. The van der Waals surface area contributed by atoms with Gasteiger partial charge in [0.1, 0.15) is 10.6 Å². The van der Waals surface area contributed by atoms with Gasteiger partial charge in [-0.2, -0.15) is 13.5 Å². The minimum absolute atomic E-state index is 0. The van der Waals surface area contributed by atoms with Crippen molar-refractivity contribution < 1.29 is 27.7 Å². The number of fused-ring (bicyclic) bond motifs is 1. The van der Waals surface area contributed by atoms with E-state index in [1.807, 2.05) is 0 Å². The zero-order valence-electron chi connectivity index (χ0n) is 18.9. The molecule has 34 heavy (non-hydrogen) atoms. The molecule has 184 valence electrons. The third-order valence-electron chi connectivity index (χ3n) is 5.43. The van der Waals surface area contributed by atoms with Crippen LogP contribution < -0.4 is 9.47 Å². The number of hydrogen-bond acceptors (Lipinski definition) is 9. The van der Waals surface area contributed by atoms with Crippen molar-refractivity contribution in [3.63, 3.8) is 0 Å². The van der Waals surface area contributed by atoms with E-state index in [1.54, 1.807) is 41.6 Å². The third-order valence-corrected chi connectivity index (χ3v) is 6.78. The highest BCUT2D eigenvalue weighted by molar-refractivity contribution is 7.90. The summed E-state index contributed by atoms with van der Waals surface area (Å²) in [7, 11) is -1.03. The first-order valence-electron chi connectivity index (χ1n) is 10.4. The second-order valence-electron chi connectivity index (χ2n) is 7.48. The Kier molecular flexibility index (Phi) is 8.37. The highest BCUT2D eigenvalue weighted by Crippen LogP contribution is 2.35. The molecular formula is C22H27ClN4O6S. The maximum absolute atomic E-state index is 12.8. The summed E-state index contributed by atoms with van der Waals surface area (Å²) >= 11 is 0. The van der Waals surface area contributed by atoms with Gasteiger partial charge in [0.05, 0.1) is 40.2 Å². The summed E-state index contributed by atoms with van der Waals surface area (Å²) in [4.78, 5) is 2.27. The van der Waals surface area contributed by atoms with Crippen molar-refractivity contribution in [1.29, 1.82) is 0 Å². The number of phenolic OH excluding ortho intramolecular Hbond substituents is 1. The number of hydrazone groups is 1. The van der Waals surface area contributed by atoms with Gasteiger partial charge in [-0.25, -0.2) is 5.01 Å². The molecule has 10 nitrogen and oxygen atoms in total. The summed E-state index contributed by atoms with van der Waals surface area (Å²) < 4.78 is 45.5. The standard InChI is InChI=1S/C22H26N4O6S.ClH/c1-30-19-5-3-4-17-21(19)33(28,29)24-22(17)26(9-8-25-10-12-32-13-11-25)23-15-16-6-7-18(27)20(14-16)31-2;/h3-7,14-15,27H,8-13H2,1-2H3;1H. The Morgan fingerprint density at radius 2 is 1.91 bits per heavy atom. The van der Waals surface area contributed by atoms with Gasteiger partial charge in [0, 0.05) is 25.2 Å². The van der Waals surface area contributed by atoms with Crippen LogP contribution in [0.5, 0.6) is 17.2 Å². The molecule has 2 aliphatic heterocycles. The van der Waals surface area contributed by atoms with E-state index in [9.17, 15) is 13.5 Å². The molecule has 12 heteroatoms. The molecule has 2 aliphatic rings. The second-order valence-corrected chi connectivity index (χ2v) is 9.02. The molecular weight excluding hydrogens is 484 g/mol. The zero-order valence-corrected chi connectivity index (χ0v) is 20.5. The van der Waals surface area contributed by atoms with Crippen LogP contribution in [0.3, 0.4) is 0 Å². The van der Waals surface area contributed by atoms with Crippen molar-refractivity contribution in [2.75, 3.05) is 53.6 Å². The predicted octanol–water partition coefficient (Wildman–Crippen LogP) is 1.95. The van der Waals surface area contributed by atoms with Gasteiger partial charge in [0.15, 0.2) is 17.3 Å². The molecule has 0 unspecified atom stereocenters. The molecule has 1 saturated heterocycles. The number of sulfonamides is 1. The molecule has 0 amide bonds. The lowest BCUT2D eigenvalue weighted by Gasteiger charge is -2.28. The molecule has 0 spiro atoms. The van der Waals surface area contributed by atoms with Crippen molar-refractivity contribution in [2.45, 2.75) is 4.90 Å². The molecule has 1 fully saturated rings. The van der Waals surface area contributed by atoms with Gasteiger partial charge in [0.25, 0.3) is 10.0 Å². The van der Waals surface area contributed by atoms with Crippen LogP contribution in [-0.2, 0) is 14.8 Å². The summed E-state index contributed by atoms with van der Waals surface area (Å²) in [6.45, 7) is 3.97. The average molecular weight is 511 g/mol. The molecule has 2 heterocycles. The van der Waals surface area contributed by atoms with E-state index in [2.05, 4.69) is 14.4 Å². The molecule has 2 aromatic rings. The van der Waals surface area contributed by atoms with E-state index in [-0.39, 0.29) is 34.6 Å². The molecule has 0 aliphatic carbocycles. The van der Waals surface area contributed by atoms with Gasteiger partial charge in [-0.15, -0.1) is 16.8 Å². The average Bonchev–Trinajstić information content (AvgIpc) is 3.11. The molecule has 4 rings (SSSR count). The highest BCUT2D eigenvalue weighted by atomic mass is 35.5. The summed E-state index contributed by atoms with van der Waals surface area (Å²) in [5.74, 6) is 0.812. The Morgan fingerprint density at radius 3 is 2.62 bits per heavy atom. The summed E-state index contributed by atoms with van der Waals surface area (Å²) in [6.07, 6.45) is 1.58. The fourth-order valence-electron chi connectivity index (χ4n) is 3.70. The van der Waals surface area contributed by atoms with Gasteiger partial charge < -0.3 is 19.3 Å². The van der Waals surface area contributed by atoms with Crippen LogP contribution in [0.2, 0.25) is 0 Å². The first-order chi connectivity index (χ1) is 15.9. The molecule has 0 radical (unpaired) electrons. The number of nitrogens with zero attached hydrogens (tertiary/aromatic N) is 4. The van der Waals surface area contributed by atoms with Crippen LogP contribution in [0, 0.1) is 0 Å². The Hall–Kier alpha value is -2.86. The summed E-state index contributed by atoms with van der Waals surface area (Å²) in [6, 6.07) is 9.86. The first kappa shape index (κ1) is 25.8. The van der Waals surface area contributed by atoms with Crippen LogP contribution in [0.25, 0.3) is 0 Å². The highest BCUT2D eigenvalue weighted by Gasteiger charge is 2.35. The van der Waals surface area contributed by atoms with Crippen molar-refractivity contribution in [3.05, 3.63) is 47.5 Å². The van der Waals surface area contributed by atoms with Crippen LogP contribution in [-0.4, -0.2) is 89.1 Å². The van der Waals surface area contributed by atoms with Gasteiger partial charge in [0.2, 0.25) is 0 Å². The van der Waals surface area contributed by atoms with Crippen LogP contribution in [0.15, 0.2) is 50.8 Å². The second kappa shape index (κ2) is 11.0. The lowest BCUT2D eigenvalue weighted by Crippen LogP contribution is -2.41. The van der Waals surface area contributed by atoms with Crippen molar-refractivity contribution in [2.24, 2.45) is 9.50 Å². The number of methoxy groups -OCH3 is 2. The summed E-state index contributed by atoms with van der Waals surface area (Å²) in [5, 5.41) is 16.0. The maximum Gasteiger partial charge on any atom is 0.288 e. The quantitative estimate of drug-likeness (QED) is 0.444. The van der Waals surface area contributed by atoms with Crippen molar-refractivity contribution in [3.8, 4) is 17.2 Å². The molecule has 0 aromatic heterocycles. The fourth-order valence-corrected chi connectivity index (χ4v) is 5.06. The molecule has 2 aromatic carbocycles. The molecule has 0 saturated carbocycles. The zero-order chi connectivity index (χ0) is 23.4. The van der Waals surface area contributed by atoms with E-state index in [0.717, 1.165) is 13.1 Å². The van der Waals surface area contributed by atoms with Gasteiger partial charge in [-0.05, 0) is 35.9 Å². The Bertz CT molecular complexity index is 1180. The number of rotatable bonds is 7. The van der Waals surface area contributed by atoms with Gasteiger partial charge >= 0.3 is 0 Å². The number of halogens is 1. The number of amidine groups is 1. The van der Waals surface area contributed by atoms with E-state index in [0.29, 0.717) is 43.2 Å². The SMILES string of the molecule is COc1cc(C=NN(CCN2CCOCC2)C2=NS(=O)(=O)c3c(OC)cccc32)ccc1O.Cl. The minimum Gasteiger partial charge on any atom is -0.504 e. The van der Waals surface area contributed by atoms with E-state index in [1.165, 1.54) is 20.3 Å². The Labute approximate surface area is 204 Å².